The molecule has 0 saturated heterocycles. The van der Waals surface area contributed by atoms with Gasteiger partial charge in [-0.15, -0.1) is 0 Å². The van der Waals surface area contributed by atoms with Gasteiger partial charge in [0.1, 0.15) is 11.4 Å². The van der Waals surface area contributed by atoms with E-state index in [-0.39, 0.29) is 11.7 Å². The number of aryl methyl sites for hydroxylation is 1. The highest BCUT2D eigenvalue weighted by atomic mass is 16.3. The number of hydrogen-bond acceptors (Lipinski definition) is 4. The second kappa shape index (κ2) is 5.20. The third kappa shape index (κ3) is 2.67. The van der Waals surface area contributed by atoms with Crippen molar-refractivity contribution in [2.24, 2.45) is 0 Å². The fourth-order valence-electron chi connectivity index (χ4n) is 2.10. The number of rotatable bonds is 2. The van der Waals surface area contributed by atoms with Gasteiger partial charge < -0.3 is 10.4 Å². The second-order valence-corrected chi connectivity index (χ2v) is 4.70. The van der Waals surface area contributed by atoms with Crippen molar-refractivity contribution >= 4 is 22.6 Å². The third-order valence-corrected chi connectivity index (χ3v) is 3.09. The van der Waals surface area contributed by atoms with Crippen LogP contribution in [0.15, 0.2) is 48.7 Å². The summed E-state index contributed by atoms with van der Waals surface area (Å²) in [4.78, 5) is 20.9. The van der Waals surface area contributed by atoms with Crippen LogP contribution < -0.4 is 5.32 Å². The molecule has 2 aromatic heterocycles. The standard InChI is InChI=1S/C16H13N3O2/c1-10-8-14-13(6-3-7-17-14)19-15(10)16(21)18-11-4-2-5-12(20)9-11/h2-9,20H,1H3,(H,18,21). The molecule has 1 aromatic carbocycles. The molecule has 3 aromatic rings. The highest BCUT2D eigenvalue weighted by molar-refractivity contribution is 6.05. The van der Waals surface area contributed by atoms with Crippen molar-refractivity contribution in [2.45, 2.75) is 6.92 Å². The minimum absolute atomic E-state index is 0.0974. The zero-order valence-electron chi connectivity index (χ0n) is 11.4. The van der Waals surface area contributed by atoms with Crippen molar-refractivity contribution in [2.75, 3.05) is 5.32 Å². The number of pyridine rings is 2. The summed E-state index contributed by atoms with van der Waals surface area (Å²) in [6, 6.07) is 11.8. The minimum Gasteiger partial charge on any atom is -0.508 e. The molecule has 0 radical (unpaired) electrons. The molecule has 5 nitrogen and oxygen atoms in total. The van der Waals surface area contributed by atoms with Gasteiger partial charge in [-0.25, -0.2) is 4.98 Å². The van der Waals surface area contributed by atoms with E-state index in [4.69, 9.17) is 0 Å². The first-order valence-corrected chi connectivity index (χ1v) is 6.46. The average molecular weight is 279 g/mol. The molecule has 0 atom stereocenters. The highest BCUT2D eigenvalue weighted by Crippen LogP contribution is 2.18. The van der Waals surface area contributed by atoms with Gasteiger partial charge in [-0.05, 0) is 42.8 Å². The molecule has 0 bridgehead atoms. The average Bonchev–Trinajstić information content (AvgIpc) is 2.46. The zero-order valence-corrected chi connectivity index (χ0v) is 11.4. The summed E-state index contributed by atoms with van der Waals surface area (Å²) in [7, 11) is 0. The van der Waals surface area contributed by atoms with Crippen molar-refractivity contribution in [3.8, 4) is 5.75 Å². The fourth-order valence-corrected chi connectivity index (χ4v) is 2.10. The molecule has 5 heteroatoms. The fraction of sp³-hybridized carbons (Fsp3) is 0.0625. The van der Waals surface area contributed by atoms with Crippen LogP contribution in [-0.4, -0.2) is 21.0 Å². The van der Waals surface area contributed by atoms with Crippen LogP contribution >= 0.6 is 0 Å². The Balaban J connectivity index is 1.96. The lowest BCUT2D eigenvalue weighted by Crippen LogP contribution is -2.15. The van der Waals surface area contributed by atoms with Crippen LogP contribution in [0.4, 0.5) is 5.69 Å². The first kappa shape index (κ1) is 13.1. The van der Waals surface area contributed by atoms with Gasteiger partial charge in [0.15, 0.2) is 0 Å². The van der Waals surface area contributed by atoms with Crippen molar-refractivity contribution in [1.29, 1.82) is 0 Å². The monoisotopic (exact) mass is 279 g/mol. The number of phenols is 1. The van der Waals surface area contributed by atoms with Gasteiger partial charge in [0.05, 0.1) is 11.0 Å². The number of aromatic nitrogens is 2. The van der Waals surface area contributed by atoms with Crippen molar-refractivity contribution in [1.82, 2.24) is 9.97 Å². The van der Waals surface area contributed by atoms with E-state index >= 15 is 0 Å². The first-order valence-electron chi connectivity index (χ1n) is 6.46. The van der Waals surface area contributed by atoms with E-state index in [1.807, 2.05) is 19.1 Å². The Labute approximate surface area is 121 Å². The van der Waals surface area contributed by atoms with Crippen molar-refractivity contribution in [3.63, 3.8) is 0 Å². The van der Waals surface area contributed by atoms with Gasteiger partial charge in [0.25, 0.3) is 5.91 Å². The quantitative estimate of drug-likeness (QED) is 0.756. The molecule has 0 fully saturated rings. The molecule has 104 valence electrons. The van der Waals surface area contributed by atoms with E-state index in [1.165, 1.54) is 6.07 Å². The summed E-state index contributed by atoms with van der Waals surface area (Å²) in [5.74, 6) is -0.218. The van der Waals surface area contributed by atoms with E-state index in [0.717, 1.165) is 11.1 Å². The smallest absolute Gasteiger partial charge is 0.274 e. The van der Waals surface area contributed by atoms with Crippen LogP contribution in [0.2, 0.25) is 0 Å². The Morgan fingerprint density at radius 3 is 2.81 bits per heavy atom. The van der Waals surface area contributed by atoms with E-state index < -0.39 is 0 Å². The van der Waals surface area contributed by atoms with Crippen LogP contribution in [0, 0.1) is 6.92 Å². The number of aromatic hydroxyl groups is 1. The van der Waals surface area contributed by atoms with E-state index in [0.29, 0.717) is 16.9 Å². The van der Waals surface area contributed by atoms with Gasteiger partial charge in [0, 0.05) is 18.0 Å². The highest BCUT2D eigenvalue weighted by Gasteiger charge is 2.13. The number of nitrogens with one attached hydrogen (secondary N) is 1. The predicted molar refractivity (Wildman–Crippen MR) is 80.3 cm³/mol. The third-order valence-electron chi connectivity index (χ3n) is 3.09. The Hall–Kier alpha value is -2.95. The van der Waals surface area contributed by atoms with E-state index in [9.17, 15) is 9.90 Å². The topological polar surface area (TPSA) is 75.1 Å². The second-order valence-electron chi connectivity index (χ2n) is 4.70. The van der Waals surface area contributed by atoms with Crippen molar-refractivity contribution in [3.05, 3.63) is 59.9 Å². The lowest BCUT2D eigenvalue weighted by atomic mass is 10.1. The normalized spacial score (nSPS) is 10.5. The van der Waals surface area contributed by atoms with Gasteiger partial charge in [-0.2, -0.15) is 0 Å². The molecular weight excluding hydrogens is 266 g/mol. The molecule has 0 unspecified atom stereocenters. The molecule has 0 saturated carbocycles. The summed E-state index contributed by atoms with van der Waals surface area (Å²) in [5.41, 5.74) is 3.04. The van der Waals surface area contributed by atoms with E-state index in [1.54, 1.807) is 30.5 Å². The molecule has 0 aliphatic heterocycles. The Morgan fingerprint density at radius 2 is 2.00 bits per heavy atom. The summed E-state index contributed by atoms with van der Waals surface area (Å²) in [5, 5.41) is 12.1. The molecule has 0 aliphatic rings. The van der Waals surface area contributed by atoms with Crippen LogP contribution in [-0.2, 0) is 0 Å². The minimum atomic E-state index is -0.316. The van der Waals surface area contributed by atoms with Gasteiger partial charge in [0.2, 0.25) is 0 Å². The Morgan fingerprint density at radius 1 is 1.14 bits per heavy atom. The number of fused-ring (bicyclic) bond motifs is 1. The lowest BCUT2D eigenvalue weighted by molar-refractivity contribution is 0.102. The molecule has 3 rings (SSSR count). The van der Waals surface area contributed by atoms with Crippen LogP contribution in [0.5, 0.6) is 5.75 Å². The summed E-state index contributed by atoms with van der Waals surface area (Å²) in [6.07, 6.45) is 1.69. The molecule has 2 heterocycles. The number of benzene rings is 1. The van der Waals surface area contributed by atoms with Gasteiger partial charge in [-0.3, -0.25) is 9.78 Å². The Bertz CT molecular complexity index is 831. The number of carbonyl (C=O) groups is 1. The summed E-state index contributed by atoms with van der Waals surface area (Å²) < 4.78 is 0. The zero-order chi connectivity index (χ0) is 14.8. The number of anilines is 1. The van der Waals surface area contributed by atoms with Crippen LogP contribution in [0.3, 0.4) is 0 Å². The number of phenolic OH excluding ortho intramolecular Hbond substituents is 1. The number of nitrogens with zero attached hydrogens (tertiary/aromatic N) is 2. The molecule has 0 spiro atoms. The largest absolute Gasteiger partial charge is 0.508 e. The lowest BCUT2D eigenvalue weighted by Gasteiger charge is -2.08. The predicted octanol–water partition coefficient (Wildman–Crippen LogP) is 2.90. The summed E-state index contributed by atoms with van der Waals surface area (Å²) in [6.45, 7) is 1.82. The first-order chi connectivity index (χ1) is 10.1. The molecule has 21 heavy (non-hydrogen) atoms. The number of carbonyl (C=O) groups excluding carboxylic acids is 1. The van der Waals surface area contributed by atoms with Gasteiger partial charge >= 0.3 is 0 Å². The SMILES string of the molecule is Cc1cc2ncccc2nc1C(=O)Nc1cccc(O)c1. The molecule has 1 amide bonds. The van der Waals surface area contributed by atoms with Crippen LogP contribution in [0.25, 0.3) is 11.0 Å². The van der Waals surface area contributed by atoms with E-state index in [2.05, 4.69) is 15.3 Å². The molecular formula is C16H13N3O2. The maximum Gasteiger partial charge on any atom is 0.274 e. The van der Waals surface area contributed by atoms with Crippen LogP contribution in [0.1, 0.15) is 16.1 Å². The number of amides is 1. The Kier molecular flexibility index (Phi) is 3.23. The van der Waals surface area contributed by atoms with Gasteiger partial charge in [-0.1, -0.05) is 6.07 Å². The maximum atomic E-state index is 12.3. The molecule has 2 N–H and O–H groups in total. The number of hydrogen-bond donors (Lipinski definition) is 2. The maximum absolute atomic E-state index is 12.3. The molecule has 0 aliphatic carbocycles. The van der Waals surface area contributed by atoms with Crippen molar-refractivity contribution < 1.29 is 9.90 Å². The summed E-state index contributed by atoms with van der Waals surface area (Å²) >= 11 is 0.